The summed E-state index contributed by atoms with van der Waals surface area (Å²) in [6.07, 6.45) is -10.1. The normalized spacial score (nSPS) is 21.5. The maximum Gasteiger partial charge on any atom is 0.416 e. The highest BCUT2D eigenvalue weighted by atomic mass is 19.4. The molecule has 1 fully saturated rings. The molecule has 2 amide bonds. The number of ether oxygens (including phenoxy) is 1. The van der Waals surface area contributed by atoms with Gasteiger partial charge in [0.2, 0.25) is 5.91 Å². The molecule has 2 heterocycles. The van der Waals surface area contributed by atoms with Gasteiger partial charge in [0.15, 0.2) is 0 Å². The number of amides is 2. The lowest BCUT2D eigenvalue weighted by Gasteiger charge is -2.36. The fourth-order valence-electron chi connectivity index (χ4n) is 4.08. The minimum Gasteiger partial charge on any atom is -0.379 e. The molecule has 12 heteroatoms. The van der Waals surface area contributed by atoms with E-state index in [0.717, 1.165) is 0 Å². The second kappa shape index (κ2) is 8.91. The van der Waals surface area contributed by atoms with Gasteiger partial charge in [0.1, 0.15) is 0 Å². The van der Waals surface area contributed by atoms with Crippen LogP contribution in [0.2, 0.25) is 0 Å². The predicted molar refractivity (Wildman–Crippen MR) is 106 cm³/mol. The largest absolute Gasteiger partial charge is 0.416 e. The highest BCUT2D eigenvalue weighted by molar-refractivity contribution is 6.01. The van der Waals surface area contributed by atoms with Crippen molar-refractivity contribution in [2.75, 3.05) is 26.3 Å². The van der Waals surface area contributed by atoms with E-state index in [2.05, 4.69) is 10.7 Å². The van der Waals surface area contributed by atoms with Gasteiger partial charge >= 0.3 is 12.4 Å². The summed E-state index contributed by atoms with van der Waals surface area (Å²) in [6.45, 7) is 1.37. The Morgan fingerprint density at radius 3 is 2.15 bits per heavy atom. The maximum absolute atomic E-state index is 13.4. The molecule has 0 radical (unpaired) electrons. The van der Waals surface area contributed by atoms with Crippen LogP contribution in [-0.2, 0) is 21.9 Å². The number of rotatable bonds is 3. The smallest absolute Gasteiger partial charge is 0.379 e. The quantitative estimate of drug-likeness (QED) is 0.649. The van der Waals surface area contributed by atoms with E-state index in [1.807, 2.05) is 0 Å². The zero-order valence-corrected chi connectivity index (χ0v) is 17.5. The van der Waals surface area contributed by atoms with Gasteiger partial charge in [-0.15, -0.1) is 0 Å². The number of carbonyl (C=O) groups excluding carboxylic acids is 2. The number of hydrazine groups is 1. The van der Waals surface area contributed by atoms with E-state index in [-0.39, 0.29) is 17.2 Å². The zero-order valence-electron chi connectivity index (χ0n) is 17.5. The summed E-state index contributed by atoms with van der Waals surface area (Å²) in [4.78, 5) is 26.0. The number of nitrogens with zero attached hydrogens (tertiary/aromatic N) is 1. The number of morpholine rings is 1. The number of benzene rings is 2. The van der Waals surface area contributed by atoms with Crippen LogP contribution in [0.3, 0.4) is 0 Å². The molecule has 6 nitrogen and oxygen atoms in total. The van der Waals surface area contributed by atoms with Crippen molar-refractivity contribution in [2.45, 2.75) is 24.3 Å². The van der Waals surface area contributed by atoms with E-state index < -0.39 is 52.8 Å². The molecule has 0 unspecified atom stereocenters. The number of alkyl halides is 6. The van der Waals surface area contributed by atoms with Crippen LogP contribution in [-0.4, -0.2) is 43.1 Å². The minimum atomic E-state index is -5.07. The maximum atomic E-state index is 13.4. The Hall–Kier alpha value is -3.12. The molecule has 4 rings (SSSR count). The molecule has 2 aliphatic rings. The van der Waals surface area contributed by atoms with Crippen molar-refractivity contribution >= 4 is 11.8 Å². The number of halogens is 6. The standard InChI is InChI=1S/C22H19F6N3O3/c23-21(24,25)13-9-12(10-14(11-13)22(26,27)28)18-17(20(33)30-31-5-7-34-8-6-31)15-3-1-2-4-16(15)19(32)29-18/h1-4,9-11,17-18H,5-8H2,(H,29,32)(H,30,33)/t17-,18+/m1/s1. The van der Waals surface area contributed by atoms with Gasteiger partial charge < -0.3 is 10.1 Å². The molecule has 0 aromatic heterocycles. The molecular formula is C22H19F6N3O3. The molecule has 2 aromatic rings. The van der Waals surface area contributed by atoms with E-state index >= 15 is 0 Å². The first-order valence-electron chi connectivity index (χ1n) is 10.3. The number of hydrogen-bond donors (Lipinski definition) is 2. The van der Waals surface area contributed by atoms with Crippen LogP contribution in [0, 0.1) is 0 Å². The van der Waals surface area contributed by atoms with Crippen molar-refractivity contribution in [3.8, 4) is 0 Å². The summed E-state index contributed by atoms with van der Waals surface area (Å²) in [5, 5.41) is 3.99. The zero-order chi connectivity index (χ0) is 24.7. The van der Waals surface area contributed by atoms with Gasteiger partial charge in [0.05, 0.1) is 36.3 Å². The van der Waals surface area contributed by atoms with Crippen molar-refractivity contribution in [1.29, 1.82) is 0 Å². The Kier molecular flexibility index (Phi) is 6.30. The van der Waals surface area contributed by atoms with E-state index in [1.54, 1.807) is 11.1 Å². The minimum absolute atomic E-state index is 0.00486. The molecule has 1 saturated heterocycles. The summed E-state index contributed by atoms with van der Waals surface area (Å²) in [5.41, 5.74) is -0.570. The summed E-state index contributed by atoms with van der Waals surface area (Å²) in [5.74, 6) is -2.66. The first-order chi connectivity index (χ1) is 15.9. The van der Waals surface area contributed by atoms with Gasteiger partial charge in [-0.05, 0) is 35.4 Å². The molecule has 2 aliphatic heterocycles. The molecule has 34 heavy (non-hydrogen) atoms. The number of fused-ring (bicyclic) bond motifs is 1. The highest BCUT2D eigenvalue weighted by Crippen LogP contribution is 2.42. The Morgan fingerprint density at radius 1 is 0.971 bits per heavy atom. The fourth-order valence-corrected chi connectivity index (χ4v) is 4.08. The SMILES string of the molecule is O=C1N[C@@H](c2cc(C(F)(F)F)cc(C(F)(F)F)c2)[C@H](C(=O)NN2CCOCC2)c2ccccc21. The van der Waals surface area contributed by atoms with Gasteiger partial charge in [-0.25, -0.2) is 5.01 Å². The highest BCUT2D eigenvalue weighted by Gasteiger charge is 2.43. The number of carbonyl (C=O) groups is 2. The third-order valence-electron chi connectivity index (χ3n) is 5.69. The summed E-state index contributed by atoms with van der Waals surface area (Å²) in [6, 6.07) is 5.58. The summed E-state index contributed by atoms with van der Waals surface area (Å²) >= 11 is 0. The molecule has 0 spiro atoms. The second-order valence-electron chi connectivity index (χ2n) is 7.93. The molecule has 2 aromatic carbocycles. The molecular weight excluding hydrogens is 468 g/mol. The van der Waals surface area contributed by atoms with Crippen LogP contribution >= 0.6 is 0 Å². The fraction of sp³-hybridized carbons (Fsp3) is 0.364. The van der Waals surface area contributed by atoms with Crippen molar-refractivity contribution < 1.29 is 40.7 Å². The van der Waals surface area contributed by atoms with Crippen molar-refractivity contribution in [3.05, 3.63) is 70.3 Å². The monoisotopic (exact) mass is 487 g/mol. The van der Waals surface area contributed by atoms with Crippen LogP contribution in [0.4, 0.5) is 26.3 Å². The molecule has 2 N–H and O–H groups in total. The third-order valence-corrected chi connectivity index (χ3v) is 5.69. The Labute approximate surface area is 189 Å². The molecule has 0 saturated carbocycles. The van der Waals surface area contributed by atoms with Crippen molar-refractivity contribution in [1.82, 2.24) is 15.8 Å². The van der Waals surface area contributed by atoms with Crippen LogP contribution in [0.15, 0.2) is 42.5 Å². The van der Waals surface area contributed by atoms with E-state index in [4.69, 9.17) is 4.74 Å². The van der Waals surface area contributed by atoms with Gasteiger partial charge in [0, 0.05) is 18.7 Å². The lowest BCUT2D eigenvalue weighted by molar-refractivity contribution is -0.143. The van der Waals surface area contributed by atoms with E-state index in [9.17, 15) is 35.9 Å². The number of nitrogens with one attached hydrogen (secondary N) is 2. The third kappa shape index (κ3) is 4.87. The lowest BCUT2D eigenvalue weighted by atomic mass is 9.80. The van der Waals surface area contributed by atoms with Crippen LogP contribution in [0.1, 0.15) is 44.6 Å². The van der Waals surface area contributed by atoms with Crippen LogP contribution < -0.4 is 10.7 Å². The van der Waals surface area contributed by atoms with Crippen molar-refractivity contribution in [2.24, 2.45) is 0 Å². The Balaban J connectivity index is 1.81. The topological polar surface area (TPSA) is 70.7 Å². The van der Waals surface area contributed by atoms with Crippen LogP contribution in [0.5, 0.6) is 0 Å². The van der Waals surface area contributed by atoms with Gasteiger partial charge in [0.25, 0.3) is 5.91 Å². The van der Waals surface area contributed by atoms with Crippen LogP contribution in [0.25, 0.3) is 0 Å². The average Bonchev–Trinajstić information content (AvgIpc) is 2.78. The molecule has 182 valence electrons. The number of hydrogen-bond acceptors (Lipinski definition) is 4. The van der Waals surface area contributed by atoms with E-state index in [1.165, 1.54) is 18.2 Å². The summed E-state index contributed by atoms with van der Waals surface area (Å²) < 4.78 is 85.8. The average molecular weight is 487 g/mol. The lowest BCUT2D eigenvalue weighted by Crippen LogP contribution is -2.52. The Morgan fingerprint density at radius 2 is 1.56 bits per heavy atom. The van der Waals surface area contributed by atoms with Gasteiger partial charge in [-0.1, -0.05) is 18.2 Å². The Bertz CT molecular complexity index is 1060. The van der Waals surface area contributed by atoms with Gasteiger partial charge in [-0.3, -0.25) is 15.0 Å². The molecule has 2 atom stereocenters. The van der Waals surface area contributed by atoms with Crippen molar-refractivity contribution in [3.63, 3.8) is 0 Å². The molecule has 0 bridgehead atoms. The summed E-state index contributed by atoms with van der Waals surface area (Å²) in [7, 11) is 0. The van der Waals surface area contributed by atoms with Gasteiger partial charge in [-0.2, -0.15) is 26.3 Å². The first-order valence-corrected chi connectivity index (χ1v) is 10.3. The van der Waals surface area contributed by atoms with E-state index in [0.29, 0.717) is 38.4 Å². The second-order valence-corrected chi connectivity index (χ2v) is 7.93. The first kappa shape index (κ1) is 24.0. The molecule has 0 aliphatic carbocycles. The predicted octanol–water partition coefficient (Wildman–Crippen LogP) is 3.66.